The molecule has 4 rings (SSSR count). The third kappa shape index (κ3) is 1.61. The summed E-state index contributed by atoms with van der Waals surface area (Å²) in [5, 5.41) is 0. The molecule has 1 atom stereocenters. The number of halogens is 1. The highest BCUT2D eigenvalue weighted by Crippen LogP contribution is 2.57. The SMILES string of the molecule is CN1CC2(CC2)C[C@@H]1c1cn2cc(Br)ncc2n1. The van der Waals surface area contributed by atoms with Gasteiger partial charge in [0.25, 0.3) is 0 Å². The molecule has 0 radical (unpaired) electrons. The maximum Gasteiger partial charge on any atom is 0.155 e. The second-order valence-electron chi connectivity index (χ2n) is 5.78. The van der Waals surface area contributed by atoms with Crippen molar-refractivity contribution in [3.63, 3.8) is 0 Å². The van der Waals surface area contributed by atoms with Crippen molar-refractivity contribution in [1.29, 1.82) is 0 Å². The van der Waals surface area contributed by atoms with Crippen molar-refractivity contribution in [3.05, 3.63) is 28.9 Å². The zero-order valence-electron chi connectivity index (χ0n) is 10.3. The molecular formula is C13H15BrN4. The van der Waals surface area contributed by atoms with E-state index in [0.29, 0.717) is 11.5 Å². The highest BCUT2D eigenvalue weighted by Gasteiger charge is 2.51. The molecule has 94 valence electrons. The summed E-state index contributed by atoms with van der Waals surface area (Å²) in [7, 11) is 2.22. The van der Waals surface area contributed by atoms with E-state index >= 15 is 0 Å². The van der Waals surface area contributed by atoms with Crippen LogP contribution < -0.4 is 0 Å². The van der Waals surface area contributed by atoms with Gasteiger partial charge in [0.05, 0.1) is 17.9 Å². The fourth-order valence-corrected chi connectivity index (χ4v) is 3.52. The van der Waals surface area contributed by atoms with Gasteiger partial charge in [-0.3, -0.25) is 4.90 Å². The van der Waals surface area contributed by atoms with E-state index in [1.165, 1.54) is 31.5 Å². The maximum atomic E-state index is 4.72. The van der Waals surface area contributed by atoms with E-state index in [2.05, 4.69) is 43.5 Å². The van der Waals surface area contributed by atoms with E-state index in [1.54, 1.807) is 0 Å². The largest absolute Gasteiger partial charge is 0.303 e. The van der Waals surface area contributed by atoms with Crippen LogP contribution in [-0.2, 0) is 0 Å². The first-order valence-corrected chi connectivity index (χ1v) is 7.15. The van der Waals surface area contributed by atoms with Crippen LogP contribution in [0.1, 0.15) is 31.0 Å². The maximum absolute atomic E-state index is 4.72. The molecule has 0 bridgehead atoms. The molecule has 18 heavy (non-hydrogen) atoms. The monoisotopic (exact) mass is 306 g/mol. The molecule has 1 saturated carbocycles. The first-order valence-electron chi connectivity index (χ1n) is 6.36. The number of hydrogen-bond donors (Lipinski definition) is 0. The van der Waals surface area contributed by atoms with Crippen LogP contribution in [-0.4, -0.2) is 32.9 Å². The van der Waals surface area contributed by atoms with E-state index in [-0.39, 0.29) is 0 Å². The zero-order valence-corrected chi connectivity index (χ0v) is 11.9. The molecule has 2 aliphatic rings. The Labute approximate surface area is 114 Å². The van der Waals surface area contributed by atoms with Crippen LogP contribution >= 0.6 is 15.9 Å². The number of likely N-dealkylation sites (tertiary alicyclic amines) is 1. The van der Waals surface area contributed by atoms with Crippen molar-refractivity contribution < 1.29 is 0 Å². The highest BCUT2D eigenvalue weighted by atomic mass is 79.9. The van der Waals surface area contributed by atoms with Gasteiger partial charge in [-0.25, -0.2) is 9.97 Å². The van der Waals surface area contributed by atoms with Crippen molar-refractivity contribution in [2.45, 2.75) is 25.3 Å². The Morgan fingerprint density at radius 1 is 1.39 bits per heavy atom. The summed E-state index contributed by atoms with van der Waals surface area (Å²) in [6, 6.07) is 0.478. The Bertz CT molecular complexity index is 616. The van der Waals surface area contributed by atoms with Crippen LogP contribution in [0.4, 0.5) is 0 Å². The Hall–Kier alpha value is -0.940. The summed E-state index contributed by atoms with van der Waals surface area (Å²) in [5.41, 5.74) is 2.73. The van der Waals surface area contributed by atoms with E-state index in [1.807, 2.05) is 12.4 Å². The minimum Gasteiger partial charge on any atom is -0.303 e. The molecule has 2 fully saturated rings. The van der Waals surface area contributed by atoms with Gasteiger partial charge in [0.2, 0.25) is 0 Å². The lowest BCUT2D eigenvalue weighted by Gasteiger charge is -2.16. The van der Waals surface area contributed by atoms with Crippen molar-refractivity contribution >= 4 is 21.6 Å². The average Bonchev–Trinajstić information content (AvgIpc) is 2.82. The molecule has 2 aromatic heterocycles. The molecule has 0 aromatic carbocycles. The van der Waals surface area contributed by atoms with Crippen molar-refractivity contribution in [3.8, 4) is 0 Å². The third-order valence-electron chi connectivity index (χ3n) is 4.37. The molecule has 0 unspecified atom stereocenters. The van der Waals surface area contributed by atoms with Crippen molar-refractivity contribution in [1.82, 2.24) is 19.3 Å². The van der Waals surface area contributed by atoms with Crippen LogP contribution in [0, 0.1) is 5.41 Å². The summed E-state index contributed by atoms with van der Waals surface area (Å²) in [6.07, 6.45) is 9.98. The fraction of sp³-hybridized carbons (Fsp3) is 0.538. The third-order valence-corrected chi connectivity index (χ3v) is 4.78. The molecule has 1 aliphatic heterocycles. The molecule has 0 amide bonds. The van der Waals surface area contributed by atoms with E-state index in [9.17, 15) is 0 Å². The number of fused-ring (bicyclic) bond motifs is 1. The minimum absolute atomic E-state index is 0.478. The lowest BCUT2D eigenvalue weighted by atomic mass is 10.0. The first kappa shape index (κ1) is 10.9. The zero-order chi connectivity index (χ0) is 12.3. The highest BCUT2D eigenvalue weighted by molar-refractivity contribution is 9.10. The van der Waals surface area contributed by atoms with Crippen LogP contribution in [0.25, 0.3) is 5.65 Å². The van der Waals surface area contributed by atoms with Crippen molar-refractivity contribution in [2.75, 3.05) is 13.6 Å². The number of imidazole rings is 1. The molecule has 2 aromatic rings. The number of aromatic nitrogens is 3. The van der Waals surface area contributed by atoms with Crippen LogP contribution in [0.5, 0.6) is 0 Å². The Balaban J connectivity index is 1.74. The minimum atomic E-state index is 0.478. The molecular weight excluding hydrogens is 292 g/mol. The predicted molar refractivity (Wildman–Crippen MR) is 72.3 cm³/mol. The summed E-state index contributed by atoms with van der Waals surface area (Å²) in [5.74, 6) is 0. The topological polar surface area (TPSA) is 33.4 Å². The fourth-order valence-electron chi connectivity index (χ4n) is 3.19. The number of nitrogens with zero attached hydrogens (tertiary/aromatic N) is 4. The van der Waals surface area contributed by atoms with Crippen LogP contribution in [0.3, 0.4) is 0 Å². The normalized spacial score (nSPS) is 26.2. The molecule has 4 nitrogen and oxygen atoms in total. The average molecular weight is 307 g/mol. The molecule has 1 saturated heterocycles. The summed E-state index contributed by atoms with van der Waals surface area (Å²) >= 11 is 3.39. The van der Waals surface area contributed by atoms with Gasteiger partial charge in [-0.1, -0.05) is 0 Å². The summed E-state index contributed by atoms with van der Waals surface area (Å²) in [6.45, 7) is 1.23. The van der Waals surface area contributed by atoms with E-state index in [0.717, 1.165) is 10.3 Å². The van der Waals surface area contributed by atoms with Crippen molar-refractivity contribution in [2.24, 2.45) is 5.41 Å². The van der Waals surface area contributed by atoms with E-state index < -0.39 is 0 Å². The van der Waals surface area contributed by atoms with Gasteiger partial charge in [0.15, 0.2) is 5.65 Å². The first-order chi connectivity index (χ1) is 8.65. The van der Waals surface area contributed by atoms with Crippen LogP contribution in [0.2, 0.25) is 0 Å². The standard InChI is InChI=1S/C13H15BrN4/c1-17-8-13(2-3-13)4-10(17)9-6-18-7-11(14)15-5-12(18)16-9/h5-7,10H,2-4,8H2,1H3/t10-/m1/s1. The smallest absolute Gasteiger partial charge is 0.155 e. The Kier molecular flexibility index (Phi) is 2.15. The van der Waals surface area contributed by atoms with E-state index in [4.69, 9.17) is 4.98 Å². The number of hydrogen-bond acceptors (Lipinski definition) is 3. The lowest BCUT2D eigenvalue weighted by Crippen LogP contribution is -2.18. The molecule has 5 heteroatoms. The number of rotatable bonds is 1. The predicted octanol–water partition coefficient (Wildman–Crippen LogP) is 2.65. The Morgan fingerprint density at radius 3 is 2.94 bits per heavy atom. The van der Waals surface area contributed by atoms with Gasteiger partial charge in [0, 0.05) is 18.9 Å². The van der Waals surface area contributed by atoms with Gasteiger partial charge in [0.1, 0.15) is 4.60 Å². The lowest BCUT2D eigenvalue weighted by molar-refractivity contribution is 0.308. The quantitative estimate of drug-likeness (QED) is 0.812. The summed E-state index contributed by atoms with van der Waals surface area (Å²) in [4.78, 5) is 11.4. The molecule has 1 aliphatic carbocycles. The van der Waals surface area contributed by atoms with Gasteiger partial charge < -0.3 is 4.40 Å². The second kappa shape index (κ2) is 3.54. The summed E-state index contributed by atoms with van der Waals surface area (Å²) < 4.78 is 2.90. The molecule has 1 spiro atoms. The Morgan fingerprint density at radius 2 is 2.22 bits per heavy atom. The van der Waals surface area contributed by atoms with Gasteiger partial charge in [-0.15, -0.1) is 0 Å². The van der Waals surface area contributed by atoms with Crippen LogP contribution in [0.15, 0.2) is 23.2 Å². The van der Waals surface area contributed by atoms with Gasteiger partial charge >= 0.3 is 0 Å². The molecule has 0 N–H and O–H groups in total. The van der Waals surface area contributed by atoms with Gasteiger partial charge in [-0.2, -0.15) is 0 Å². The second-order valence-corrected chi connectivity index (χ2v) is 6.59. The molecule has 3 heterocycles. The van der Waals surface area contributed by atoms with Gasteiger partial charge in [-0.05, 0) is 47.7 Å².